The molecule has 9 heteroatoms. The number of anilines is 1. The van der Waals surface area contributed by atoms with Gasteiger partial charge in [0.1, 0.15) is 17.7 Å². The smallest absolute Gasteiger partial charge is 0.196 e. The van der Waals surface area contributed by atoms with Crippen molar-refractivity contribution >= 4 is 34.9 Å². The molecule has 162 valence electrons. The number of carbonyl (C=O) groups excluding carboxylic acids is 1. The Morgan fingerprint density at radius 1 is 1.37 bits per heavy atom. The molecule has 1 aliphatic heterocycles. The van der Waals surface area contributed by atoms with E-state index in [0.717, 1.165) is 29.4 Å². The highest BCUT2D eigenvalue weighted by Crippen LogP contribution is 2.41. The van der Waals surface area contributed by atoms with E-state index in [1.165, 1.54) is 30.4 Å². The highest BCUT2D eigenvalue weighted by Gasteiger charge is 2.29. The number of hydrogen-bond acceptors (Lipinski definition) is 5. The van der Waals surface area contributed by atoms with Crippen LogP contribution >= 0.6 is 11.8 Å². The standard InChI is InChI=1S/C21H26FN3O3S2/c1-23-30(28)25(10-11-26)21-18(27)13-19-17(20(21)22)12-16(14-29-19)24-9-5-8-15-6-3-2-4-7-15/h2-4,6-7,11,13,16,23-24,27H,5,8-10,12,14H2,1H3. The number of fused-ring (bicyclic) bond motifs is 1. The Hall–Kier alpha value is -1.94. The normalized spacial score (nSPS) is 16.7. The van der Waals surface area contributed by atoms with Gasteiger partial charge in [-0.3, -0.25) is 4.31 Å². The Labute approximate surface area is 183 Å². The molecule has 3 rings (SSSR count). The number of carbonyl (C=O) groups is 1. The maximum absolute atomic E-state index is 15.3. The van der Waals surface area contributed by atoms with E-state index in [2.05, 4.69) is 22.2 Å². The minimum Gasteiger partial charge on any atom is -0.506 e. The number of nitrogens with one attached hydrogen (secondary N) is 2. The average molecular weight is 452 g/mol. The van der Waals surface area contributed by atoms with Crippen LogP contribution in [0.3, 0.4) is 0 Å². The molecule has 2 unspecified atom stereocenters. The first-order chi connectivity index (χ1) is 14.5. The van der Waals surface area contributed by atoms with Crippen LogP contribution in [-0.2, 0) is 28.8 Å². The molecule has 30 heavy (non-hydrogen) atoms. The fourth-order valence-corrected chi connectivity index (χ4v) is 5.40. The third-order valence-corrected chi connectivity index (χ3v) is 7.28. The average Bonchev–Trinajstić information content (AvgIpc) is 2.76. The summed E-state index contributed by atoms with van der Waals surface area (Å²) in [7, 11) is 1.44. The summed E-state index contributed by atoms with van der Waals surface area (Å²) in [6.45, 7) is 0.522. The van der Waals surface area contributed by atoms with E-state index in [9.17, 15) is 14.1 Å². The molecule has 0 aliphatic carbocycles. The molecule has 2 aromatic rings. The van der Waals surface area contributed by atoms with Crippen LogP contribution in [0.5, 0.6) is 5.75 Å². The van der Waals surface area contributed by atoms with Gasteiger partial charge in [0.2, 0.25) is 0 Å². The van der Waals surface area contributed by atoms with Crippen LogP contribution < -0.4 is 14.3 Å². The molecule has 0 radical (unpaired) electrons. The quantitative estimate of drug-likeness (QED) is 0.382. The van der Waals surface area contributed by atoms with Gasteiger partial charge in [-0.1, -0.05) is 30.3 Å². The molecule has 0 amide bonds. The third-order valence-electron chi connectivity index (χ3n) is 4.95. The molecule has 2 aromatic carbocycles. The summed E-state index contributed by atoms with van der Waals surface area (Å²) in [6, 6.07) is 11.9. The largest absolute Gasteiger partial charge is 0.506 e. The number of phenolic OH excluding ortho intramolecular Hbond substituents is 1. The van der Waals surface area contributed by atoms with E-state index in [4.69, 9.17) is 0 Å². The topological polar surface area (TPSA) is 81.7 Å². The monoisotopic (exact) mass is 451 g/mol. The number of phenols is 1. The Morgan fingerprint density at radius 3 is 2.83 bits per heavy atom. The van der Waals surface area contributed by atoms with Crippen molar-refractivity contribution in [2.24, 2.45) is 0 Å². The van der Waals surface area contributed by atoms with Gasteiger partial charge in [-0.05, 0) is 44.5 Å². The predicted molar refractivity (Wildman–Crippen MR) is 120 cm³/mol. The number of aromatic hydroxyl groups is 1. The fourth-order valence-electron chi connectivity index (χ4n) is 3.49. The first kappa shape index (κ1) is 22.7. The molecule has 0 saturated heterocycles. The Balaban J connectivity index is 1.69. The molecule has 0 bridgehead atoms. The molecule has 2 atom stereocenters. The summed E-state index contributed by atoms with van der Waals surface area (Å²) >= 11 is -0.355. The lowest BCUT2D eigenvalue weighted by molar-refractivity contribution is -0.106. The lowest BCUT2D eigenvalue weighted by atomic mass is 10.0. The molecule has 0 spiro atoms. The van der Waals surface area contributed by atoms with Crippen molar-refractivity contribution < 1.29 is 18.5 Å². The highest BCUT2D eigenvalue weighted by atomic mass is 32.2. The van der Waals surface area contributed by atoms with E-state index >= 15 is 4.39 Å². The molecule has 1 heterocycles. The van der Waals surface area contributed by atoms with Crippen LogP contribution in [0.4, 0.5) is 10.1 Å². The van der Waals surface area contributed by atoms with Crippen LogP contribution in [0.25, 0.3) is 0 Å². The predicted octanol–water partition coefficient (Wildman–Crippen LogP) is 2.57. The van der Waals surface area contributed by atoms with Crippen molar-refractivity contribution in [3.05, 3.63) is 53.3 Å². The van der Waals surface area contributed by atoms with Gasteiger partial charge in [0.15, 0.2) is 17.0 Å². The molecular weight excluding hydrogens is 425 g/mol. The van der Waals surface area contributed by atoms with Gasteiger partial charge in [0.05, 0.1) is 6.54 Å². The second kappa shape index (κ2) is 10.9. The first-order valence-corrected chi connectivity index (χ1v) is 11.9. The third kappa shape index (κ3) is 5.40. The van der Waals surface area contributed by atoms with Gasteiger partial charge in [-0.25, -0.2) is 13.3 Å². The SMILES string of the molecule is CNS(=O)N(CC=O)c1c(O)cc2c(c1F)CC(NCCCc1ccccc1)CS2. The number of rotatable bonds is 10. The Bertz CT molecular complexity index is 899. The minimum atomic E-state index is -1.84. The zero-order valence-corrected chi connectivity index (χ0v) is 18.4. The van der Waals surface area contributed by atoms with Crippen molar-refractivity contribution in [1.82, 2.24) is 10.0 Å². The summed E-state index contributed by atoms with van der Waals surface area (Å²) in [4.78, 5) is 11.7. The molecule has 0 saturated carbocycles. The van der Waals surface area contributed by atoms with Crippen LogP contribution in [0.15, 0.2) is 41.3 Å². The first-order valence-electron chi connectivity index (χ1n) is 9.80. The zero-order valence-electron chi connectivity index (χ0n) is 16.8. The summed E-state index contributed by atoms with van der Waals surface area (Å²) in [5.41, 5.74) is 1.56. The molecule has 0 fully saturated rings. The van der Waals surface area contributed by atoms with Crippen molar-refractivity contribution in [2.45, 2.75) is 30.2 Å². The molecule has 6 nitrogen and oxygen atoms in total. The van der Waals surface area contributed by atoms with Gasteiger partial charge in [0.25, 0.3) is 0 Å². The number of thioether (sulfide) groups is 1. The van der Waals surface area contributed by atoms with Crippen molar-refractivity contribution in [3.63, 3.8) is 0 Å². The fraction of sp³-hybridized carbons (Fsp3) is 0.381. The van der Waals surface area contributed by atoms with E-state index < -0.39 is 17.0 Å². The Kier molecular flexibility index (Phi) is 8.26. The summed E-state index contributed by atoms with van der Waals surface area (Å²) in [6.07, 6.45) is 2.95. The van der Waals surface area contributed by atoms with Crippen LogP contribution in [0.2, 0.25) is 0 Å². The van der Waals surface area contributed by atoms with Gasteiger partial charge in [-0.15, -0.1) is 11.8 Å². The lowest BCUT2D eigenvalue weighted by Crippen LogP contribution is -2.38. The van der Waals surface area contributed by atoms with Gasteiger partial charge < -0.3 is 15.2 Å². The number of benzene rings is 2. The van der Waals surface area contributed by atoms with Gasteiger partial charge >= 0.3 is 0 Å². The number of aldehydes is 1. The van der Waals surface area contributed by atoms with Crippen LogP contribution in [0.1, 0.15) is 17.5 Å². The maximum Gasteiger partial charge on any atom is 0.196 e. The van der Waals surface area contributed by atoms with Crippen molar-refractivity contribution in [2.75, 3.05) is 30.2 Å². The van der Waals surface area contributed by atoms with Gasteiger partial charge in [-0.2, -0.15) is 0 Å². The second-order valence-corrected chi connectivity index (χ2v) is 9.38. The van der Waals surface area contributed by atoms with Crippen molar-refractivity contribution in [3.8, 4) is 5.75 Å². The number of halogens is 1. The second-order valence-electron chi connectivity index (χ2n) is 6.97. The van der Waals surface area contributed by atoms with E-state index in [0.29, 0.717) is 23.2 Å². The van der Waals surface area contributed by atoms with Crippen molar-refractivity contribution in [1.29, 1.82) is 0 Å². The Morgan fingerprint density at radius 2 is 2.13 bits per heavy atom. The van der Waals surface area contributed by atoms with E-state index in [1.807, 2.05) is 18.2 Å². The molecule has 1 aliphatic rings. The summed E-state index contributed by atoms with van der Waals surface area (Å²) < 4.78 is 31.1. The lowest BCUT2D eigenvalue weighted by Gasteiger charge is -2.29. The maximum atomic E-state index is 15.3. The van der Waals surface area contributed by atoms with Crippen LogP contribution in [-0.4, -0.2) is 47.5 Å². The van der Waals surface area contributed by atoms with E-state index in [1.54, 1.807) is 0 Å². The van der Waals surface area contributed by atoms with Gasteiger partial charge in [0, 0.05) is 22.3 Å². The highest BCUT2D eigenvalue weighted by molar-refractivity contribution is 7.99. The van der Waals surface area contributed by atoms with E-state index in [-0.39, 0.29) is 24.0 Å². The molecular formula is C21H26FN3O3S2. The van der Waals surface area contributed by atoms with Crippen LogP contribution in [0, 0.1) is 5.82 Å². The minimum absolute atomic E-state index is 0.0967. The zero-order chi connectivity index (χ0) is 21.5. The molecule has 0 aromatic heterocycles. The number of aryl methyl sites for hydroxylation is 1. The number of nitrogens with zero attached hydrogens (tertiary/aromatic N) is 1. The summed E-state index contributed by atoms with van der Waals surface area (Å²) in [5, 5.41) is 13.8. The molecule has 3 N–H and O–H groups in total. The number of hydrogen-bond donors (Lipinski definition) is 3. The summed E-state index contributed by atoms with van der Waals surface area (Å²) in [5.74, 6) is -0.172.